The third-order valence-electron chi connectivity index (χ3n) is 2.72. The van der Waals surface area contributed by atoms with E-state index in [0.717, 1.165) is 12.8 Å². The number of amides is 2. The van der Waals surface area contributed by atoms with Gasteiger partial charge in [-0.3, -0.25) is 20.4 Å². The smallest absolute Gasteiger partial charge is 0.269 e. The second kappa shape index (κ2) is 8.04. The summed E-state index contributed by atoms with van der Waals surface area (Å²) >= 11 is 0. The largest absolute Gasteiger partial charge is 0.493 e. The molecule has 0 saturated heterocycles. The van der Waals surface area contributed by atoms with Gasteiger partial charge in [0.2, 0.25) is 5.91 Å². The predicted molar refractivity (Wildman–Crippen MR) is 74.7 cm³/mol. The maximum absolute atomic E-state index is 11.9. The number of rotatable bonds is 6. The zero-order chi connectivity index (χ0) is 15.0. The van der Waals surface area contributed by atoms with Crippen LogP contribution in [0, 0.1) is 0 Å². The lowest BCUT2D eigenvalue weighted by atomic mass is 10.2. The Bertz CT molecular complexity index is 474. The van der Waals surface area contributed by atoms with Gasteiger partial charge in [-0.25, -0.2) is 0 Å². The van der Waals surface area contributed by atoms with Gasteiger partial charge >= 0.3 is 0 Å². The first-order valence-corrected chi connectivity index (χ1v) is 6.43. The number of unbranched alkanes of at least 4 members (excludes halogenated alkanes) is 1. The molecule has 0 aliphatic rings. The lowest BCUT2D eigenvalue weighted by Gasteiger charge is -2.10. The third-order valence-corrected chi connectivity index (χ3v) is 2.72. The highest BCUT2D eigenvalue weighted by Crippen LogP contribution is 2.27. The van der Waals surface area contributed by atoms with Crippen molar-refractivity contribution in [2.24, 2.45) is 0 Å². The highest BCUT2D eigenvalue weighted by atomic mass is 16.5. The fourth-order valence-corrected chi connectivity index (χ4v) is 1.58. The lowest BCUT2D eigenvalue weighted by Crippen LogP contribution is -2.41. The van der Waals surface area contributed by atoms with Crippen molar-refractivity contribution in [3.05, 3.63) is 23.8 Å². The molecule has 2 N–H and O–H groups in total. The molecule has 6 nitrogen and oxygen atoms in total. The van der Waals surface area contributed by atoms with Crippen LogP contribution in [0.1, 0.15) is 36.5 Å². The Labute approximate surface area is 118 Å². The summed E-state index contributed by atoms with van der Waals surface area (Å²) in [5, 5.41) is 0. The highest BCUT2D eigenvalue weighted by Gasteiger charge is 2.11. The van der Waals surface area contributed by atoms with Crippen molar-refractivity contribution < 1.29 is 19.1 Å². The molecule has 20 heavy (non-hydrogen) atoms. The standard InChI is InChI=1S/C14H20N2O4/c1-4-5-6-13(17)15-16-14(18)10-7-8-11(19-2)12(9-10)20-3/h7-9H,4-6H2,1-3H3,(H,15,17)(H,16,18). The summed E-state index contributed by atoms with van der Waals surface area (Å²) in [4.78, 5) is 23.3. The second-order valence-corrected chi connectivity index (χ2v) is 4.18. The molecule has 1 rings (SSSR count). The van der Waals surface area contributed by atoms with Crippen molar-refractivity contribution in [1.29, 1.82) is 0 Å². The summed E-state index contributed by atoms with van der Waals surface area (Å²) < 4.78 is 10.2. The molecule has 6 heteroatoms. The minimum absolute atomic E-state index is 0.208. The van der Waals surface area contributed by atoms with Crippen molar-refractivity contribution in [2.45, 2.75) is 26.2 Å². The van der Waals surface area contributed by atoms with E-state index in [-0.39, 0.29) is 5.91 Å². The summed E-state index contributed by atoms with van der Waals surface area (Å²) in [6.07, 6.45) is 2.11. The van der Waals surface area contributed by atoms with Crippen LogP contribution >= 0.6 is 0 Å². The Morgan fingerprint density at radius 1 is 1.10 bits per heavy atom. The van der Waals surface area contributed by atoms with E-state index in [0.29, 0.717) is 23.5 Å². The number of hydrogen-bond donors (Lipinski definition) is 2. The molecule has 0 atom stereocenters. The SMILES string of the molecule is CCCCC(=O)NNC(=O)c1ccc(OC)c(OC)c1. The maximum atomic E-state index is 11.9. The number of carbonyl (C=O) groups is 2. The van der Waals surface area contributed by atoms with E-state index in [1.165, 1.54) is 14.2 Å². The van der Waals surface area contributed by atoms with Gasteiger partial charge in [0.1, 0.15) is 0 Å². The van der Waals surface area contributed by atoms with Crippen LogP contribution in [-0.2, 0) is 4.79 Å². The van der Waals surface area contributed by atoms with Gasteiger partial charge in [-0.1, -0.05) is 13.3 Å². The number of ether oxygens (including phenoxy) is 2. The molecule has 1 aromatic carbocycles. The molecule has 0 spiro atoms. The quantitative estimate of drug-likeness (QED) is 0.777. The molecule has 110 valence electrons. The van der Waals surface area contributed by atoms with Gasteiger partial charge < -0.3 is 9.47 Å². The molecular weight excluding hydrogens is 260 g/mol. The number of carbonyl (C=O) groups excluding carboxylic acids is 2. The molecule has 0 saturated carbocycles. The average molecular weight is 280 g/mol. The zero-order valence-corrected chi connectivity index (χ0v) is 12.0. The van der Waals surface area contributed by atoms with Crippen LogP contribution in [0.2, 0.25) is 0 Å². The Morgan fingerprint density at radius 2 is 1.80 bits per heavy atom. The molecule has 0 radical (unpaired) electrons. The topological polar surface area (TPSA) is 76.7 Å². The van der Waals surface area contributed by atoms with Crippen LogP contribution in [-0.4, -0.2) is 26.0 Å². The van der Waals surface area contributed by atoms with E-state index < -0.39 is 5.91 Å². The summed E-state index contributed by atoms with van der Waals surface area (Å²) in [6, 6.07) is 4.77. The first-order chi connectivity index (χ1) is 9.62. The second-order valence-electron chi connectivity index (χ2n) is 4.18. The Balaban J connectivity index is 2.61. The van der Waals surface area contributed by atoms with Crippen LogP contribution in [0.15, 0.2) is 18.2 Å². The first-order valence-electron chi connectivity index (χ1n) is 6.43. The van der Waals surface area contributed by atoms with Crippen molar-refractivity contribution in [3.8, 4) is 11.5 Å². The third kappa shape index (κ3) is 4.46. The van der Waals surface area contributed by atoms with E-state index in [9.17, 15) is 9.59 Å². The maximum Gasteiger partial charge on any atom is 0.269 e. The predicted octanol–water partition coefficient (Wildman–Crippen LogP) is 1.65. The molecule has 0 bridgehead atoms. The summed E-state index contributed by atoms with van der Waals surface area (Å²) in [5.41, 5.74) is 5.11. The number of hydrogen-bond acceptors (Lipinski definition) is 4. The van der Waals surface area contributed by atoms with Gasteiger partial charge in [0.25, 0.3) is 5.91 Å². The van der Waals surface area contributed by atoms with Crippen LogP contribution in [0.4, 0.5) is 0 Å². The van der Waals surface area contributed by atoms with Crippen LogP contribution in [0.5, 0.6) is 11.5 Å². The van der Waals surface area contributed by atoms with Crippen molar-refractivity contribution in [3.63, 3.8) is 0 Å². The summed E-state index contributed by atoms with van der Waals surface area (Å²) in [6.45, 7) is 2.00. The Morgan fingerprint density at radius 3 is 2.40 bits per heavy atom. The number of methoxy groups -OCH3 is 2. The molecule has 0 aliphatic carbocycles. The first kappa shape index (κ1) is 15.8. The van der Waals surface area contributed by atoms with Crippen LogP contribution in [0.25, 0.3) is 0 Å². The van der Waals surface area contributed by atoms with Gasteiger partial charge in [-0.05, 0) is 24.6 Å². The van der Waals surface area contributed by atoms with Crippen LogP contribution < -0.4 is 20.3 Å². The molecule has 0 heterocycles. The van der Waals surface area contributed by atoms with Gasteiger partial charge in [0.15, 0.2) is 11.5 Å². The number of benzene rings is 1. The van der Waals surface area contributed by atoms with Crippen LogP contribution in [0.3, 0.4) is 0 Å². The highest BCUT2D eigenvalue weighted by molar-refractivity contribution is 5.96. The molecule has 1 aromatic rings. The molecule has 0 fully saturated rings. The molecule has 0 unspecified atom stereocenters. The monoisotopic (exact) mass is 280 g/mol. The fourth-order valence-electron chi connectivity index (χ4n) is 1.58. The van der Waals surface area contributed by atoms with E-state index in [1.807, 2.05) is 6.92 Å². The van der Waals surface area contributed by atoms with Gasteiger partial charge in [0.05, 0.1) is 14.2 Å². The number of nitrogens with one attached hydrogen (secondary N) is 2. The van der Waals surface area contributed by atoms with E-state index in [4.69, 9.17) is 9.47 Å². The Hall–Kier alpha value is -2.24. The zero-order valence-electron chi connectivity index (χ0n) is 12.0. The van der Waals surface area contributed by atoms with Crippen molar-refractivity contribution in [2.75, 3.05) is 14.2 Å². The minimum atomic E-state index is -0.407. The van der Waals surface area contributed by atoms with E-state index >= 15 is 0 Å². The molecule has 0 aromatic heterocycles. The minimum Gasteiger partial charge on any atom is -0.493 e. The average Bonchev–Trinajstić information content (AvgIpc) is 2.49. The summed E-state index contributed by atoms with van der Waals surface area (Å²) in [7, 11) is 3.01. The summed E-state index contributed by atoms with van der Waals surface area (Å²) in [5.74, 6) is 0.380. The van der Waals surface area contributed by atoms with E-state index in [2.05, 4.69) is 10.9 Å². The molecule has 0 aliphatic heterocycles. The van der Waals surface area contributed by atoms with Gasteiger partial charge in [-0.15, -0.1) is 0 Å². The Kier molecular flexibility index (Phi) is 6.36. The fraction of sp³-hybridized carbons (Fsp3) is 0.429. The van der Waals surface area contributed by atoms with E-state index in [1.54, 1.807) is 18.2 Å². The van der Waals surface area contributed by atoms with Crippen molar-refractivity contribution in [1.82, 2.24) is 10.9 Å². The van der Waals surface area contributed by atoms with Crippen molar-refractivity contribution >= 4 is 11.8 Å². The lowest BCUT2D eigenvalue weighted by molar-refractivity contribution is -0.121. The molecular formula is C14H20N2O4. The van der Waals surface area contributed by atoms with Gasteiger partial charge in [0, 0.05) is 12.0 Å². The molecule has 2 amide bonds. The van der Waals surface area contributed by atoms with Gasteiger partial charge in [-0.2, -0.15) is 0 Å². The number of hydrazine groups is 1. The normalized spacial score (nSPS) is 9.75.